The predicted octanol–water partition coefficient (Wildman–Crippen LogP) is 3.91. The molecule has 0 saturated heterocycles. The van der Waals surface area contributed by atoms with Crippen LogP contribution in [-0.2, 0) is 10.3 Å². The Kier molecular flexibility index (Phi) is 4.48. The first-order valence-electron chi connectivity index (χ1n) is 6.01. The first-order valence-corrected chi connectivity index (χ1v) is 6.39. The first kappa shape index (κ1) is 15.8. The number of hydrogen-bond acceptors (Lipinski definition) is 3. The van der Waals surface area contributed by atoms with Gasteiger partial charge in [-0.1, -0.05) is 11.6 Å². The van der Waals surface area contributed by atoms with Crippen molar-refractivity contribution in [2.45, 2.75) is 45.8 Å². The van der Waals surface area contributed by atoms with Gasteiger partial charge in [0.25, 0.3) is 0 Å². The zero-order valence-corrected chi connectivity index (χ0v) is 12.6. The zero-order chi connectivity index (χ0) is 14.8. The third-order valence-electron chi connectivity index (χ3n) is 2.27. The van der Waals surface area contributed by atoms with Crippen molar-refractivity contribution < 1.29 is 14.6 Å². The number of carbonyl (C=O) groups is 1. The summed E-state index contributed by atoms with van der Waals surface area (Å²) < 4.78 is 5.15. The average Bonchev–Trinajstić information content (AvgIpc) is 2.16. The van der Waals surface area contributed by atoms with Gasteiger partial charge in [0.1, 0.15) is 5.60 Å². The third-order valence-corrected chi connectivity index (χ3v) is 2.60. The summed E-state index contributed by atoms with van der Waals surface area (Å²) in [5, 5.41) is 13.0. The molecule has 1 aromatic carbocycles. The van der Waals surface area contributed by atoms with Crippen LogP contribution >= 0.6 is 11.6 Å². The Morgan fingerprint density at radius 2 is 1.84 bits per heavy atom. The van der Waals surface area contributed by atoms with E-state index >= 15 is 0 Å². The molecule has 1 rings (SSSR count). The maximum Gasteiger partial charge on any atom is 0.412 e. The van der Waals surface area contributed by atoms with Crippen LogP contribution < -0.4 is 5.32 Å². The number of benzene rings is 1. The highest BCUT2D eigenvalue weighted by atomic mass is 35.5. The molecule has 0 aliphatic rings. The quantitative estimate of drug-likeness (QED) is 0.866. The topological polar surface area (TPSA) is 58.6 Å². The highest BCUT2D eigenvalue weighted by Gasteiger charge is 2.21. The molecule has 0 heterocycles. The lowest BCUT2D eigenvalue weighted by Crippen LogP contribution is -2.27. The van der Waals surface area contributed by atoms with Gasteiger partial charge < -0.3 is 9.84 Å². The van der Waals surface area contributed by atoms with Crippen LogP contribution in [0.5, 0.6) is 0 Å². The molecule has 0 fully saturated rings. The highest BCUT2D eigenvalue weighted by molar-refractivity contribution is 6.31. The van der Waals surface area contributed by atoms with E-state index in [0.717, 1.165) is 0 Å². The highest BCUT2D eigenvalue weighted by Crippen LogP contribution is 2.30. The molecule has 0 spiro atoms. The van der Waals surface area contributed by atoms with Crippen molar-refractivity contribution in [3.05, 3.63) is 28.8 Å². The van der Waals surface area contributed by atoms with Crippen molar-refractivity contribution >= 4 is 23.4 Å². The molecule has 0 radical (unpaired) electrons. The summed E-state index contributed by atoms with van der Waals surface area (Å²) in [6.07, 6.45) is -0.545. The summed E-state index contributed by atoms with van der Waals surface area (Å²) in [4.78, 5) is 11.6. The second kappa shape index (κ2) is 5.39. The Hall–Kier alpha value is -1.26. The molecule has 0 aliphatic carbocycles. The van der Waals surface area contributed by atoms with E-state index in [4.69, 9.17) is 16.3 Å². The number of aliphatic hydroxyl groups is 1. The maximum absolute atomic E-state index is 11.6. The van der Waals surface area contributed by atoms with Crippen LogP contribution in [0.4, 0.5) is 10.5 Å². The molecule has 4 nitrogen and oxygen atoms in total. The van der Waals surface area contributed by atoms with Gasteiger partial charge in [-0.25, -0.2) is 4.79 Å². The number of carbonyl (C=O) groups excluding carboxylic acids is 1. The summed E-state index contributed by atoms with van der Waals surface area (Å²) in [5.41, 5.74) is -0.573. The molecule has 106 valence electrons. The fourth-order valence-corrected chi connectivity index (χ4v) is 1.84. The van der Waals surface area contributed by atoms with Crippen molar-refractivity contribution in [1.82, 2.24) is 0 Å². The SMILES string of the molecule is CC(C)(C)OC(=O)Nc1ccc(Cl)c(C(C)(C)O)c1. The van der Waals surface area contributed by atoms with Gasteiger partial charge in [-0.15, -0.1) is 0 Å². The first-order chi connectivity index (χ1) is 8.49. The lowest BCUT2D eigenvalue weighted by molar-refractivity contribution is 0.0634. The molecule has 0 atom stereocenters. The van der Waals surface area contributed by atoms with Crippen LogP contribution in [0.1, 0.15) is 40.2 Å². The minimum absolute atomic E-state index is 0.447. The summed E-state index contributed by atoms with van der Waals surface area (Å²) >= 11 is 6.02. The largest absolute Gasteiger partial charge is 0.444 e. The van der Waals surface area contributed by atoms with Gasteiger partial charge in [0, 0.05) is 16.3 Å². The number of amides is 1. The monoisotopic (exact) mass is 285 g/mol. The van der Waals surface area contributed by atoms with E-state index in [-0.39, 0.29) is 0 Å². The van der Waals surface area contributed by atoms with Crippen LogP contribution in [0.25, 0.3) is 0 Å². The Balaban J connectivity index is 2.89. The van der Waals surface area contributed by atoms with Crippen LogP contribution in [-0.4, -0.2) is 16.8 Å². The molecule has 0 aromatic heterocycles. The number of halogens is 1. The maximum atomic E-state index is 11.6. The summed E-state index contributed by atoms with van der Waals surface area (Å²) in [7, 11) is 0. The van der Waals surface area contributed by atoms with E-state index in [2.05, 4.69) is 5.32 Å². The van der Waals surface area contributed by atoms with Gasteiger partial charge >= 0.3 is 6.09 Å². The lowest BCUT2D eigenvalue weighted by Gasteiger charge is -2.22. The van der Waals surface area contributed by atoms with Gasteiger partial charge in [0.15, 0.2) is 0 Å². The Morgan fingerprint density at radius 3 is 2.32 bits per heavy atom. The van der Waals surface area contributed by atoms with Crippen molar-refractivity contribution in [1.29, 1.82) is 0 Å². The van der Waals surface area contributed by atoms with Crippen LogP contribution in [0, 0.1) is 0 Å². The number of nitrogens with one attached hydrogen (secondary N) is 1. The minimum Gasteiger partial charge on any atom is -0.444 e. The Labute approximate surface area is 118 Å². The van der Waals surface area contributed by atoms with Crippen LogP contribution in [0.3, 0.4) is 0 Å². The van der Waals surface area contributed by atoms with Crippen molar-refractivity contribution in [3.63, 3.8) is 0 Å². The number of rotatable bonds is 2. The average molecular weight is 286 g/mol. The predicted molar refractivity (Wildman–Crippen MR) is 76.6 cm³/mol. The molecule has 0 unspecified atom stereocenters. The second-order valence-electron chi connectivity index (χ2n) is 5.88. The smallest absolute Gasteiger partial charge is 0.412 e. The van der Waals surface area contributed by atoms with E-state index in [1.165, 1.54) is 0 Å². The van der Waals surface area contributed by atoms with E-state index in [1.54, 1.807) is 52.8 Å². The molecule has 0 aliphatic heterocycles. The van der Waals surface area contributed by atoms with Crippen molar-refractivity contribution in [2.75, 3.05) is 5.32 Å². The molecule has 1 amide bonds. The fraction of sp³-hybridized carbons (Fsp3) is 0.500. The van der Waals surface area contributed by atoms with Gasteiger partial charge in [0.05, 0.1) is 5.60 Å². The third kappa shape index (κ3) is 5.09. The summed E-state index contributed by atoms with van der Waals surface area (Å²) in [6.45, 7) is 8.63. The van der Waals surface area contributed by atoms with E-state index in [9.17, 15) is 9.90 Å². The molecule has 2 N–H and O–H groups in total. The van der Waals surface area contributed by atoms with E-state index in [1.807, 2.05) is 0 Å². The minimum atomic E-state index is -1.08. The normalized spacial score (nSPS) is 12.2. The van der Waals surface area contributed by atoms with E-state index < -0.39 is 17.3 Å². The van der Waals surface area contributed by atoms with Crippen LogP contribution in [0.15, 0.2) is 18.2 Å². The number of ether oxygens (including phenoxy) is 1. The molecule has 0 bridgehead atoms. The molecule has 1 aromatic rings. The molecule has 5 heteroatoms. The fourth-order valence-electron chi connectivity index (χ4n) is 1.49. The molecular formula is C14H20ClNO3. The molecule has 0 saturated carbocycles. The molecular weight excluding hydrogens is 266 g/mol. The summed E-state index contributed by atoms with van der Waals surface area (Å²) in [6, 6.07) is 4.91. The van der Waals surface area contributed by atoms with Gasteiger partial charge in [0.2, 0.25) is 0 Å². The molecule has 19 heavy (non-hydrogen) atoms. The van der Waals surface area contributed by atoms with E-state index in [0.29, 0.717) is 16.3 Å². The van der Waals surface area contributed by atoms with Crippen LogP contribution in [0.2, 0.25) is 5.02 Å². The van der Waals surface area contributed by atoms with Crippen molar-refractivity contribution in [2.24, 2.45) is 0 Å². The number of hydrogen-bond donors (Lipinski definition) is 2. The van der Waals surface area contributed by atoms with Gasteiger partial charge in [-0.3, -0.25) is 5.32 Å². The Bertz CT molecular complexity index is 473. The number of anilines is 1. The zero-order valence-electron chi connectivity index (χ0n) is 11.9. The Morgan fingerprint density at radius 1 is 1.26 bits per heavy atom. The summed E-state index contributed by atoms with van der Waals surface area (Å²) in [5.74, 6) is 0. The lowest BCUT2D eigenvalue weighted by atomic mass is 9.98. The van der Waals surface area contributed by atoms with Gasteiger partial charge in [-0.2, -0.15) is 0 Å². The standard InChI is InChI=1S/C14H20ClNO3/c1-13(2,3)19-12(17)16-9-6-7-11(15)10(8-9)14(4,5)18/h6-8,18H,1-5H3,(H,16,17). The van der Waals surface area contributed by atoms with Gasteiger partial charge in [-0.05, 0) is 52.8 Å². The van der Waals surface area contributed by atoms with Crippen molar-refractivity contribution in [3.8, 4) is 0 Å². The second-order valence-corrected chi connectivity index (χ2v) is 6.29.